The molecule has 0 bridgehead atoms. The van der Waals surface area contributed by atoms with Crippen LogP contribution < -0.4 is 9.47 Å². The normalized spacial score (nSPS) is 18.2. The topological polar surface area (TPSA) is 52.6 Å². The molecule has 4 heteroatoms. The summed E-state index contributed by atoms with van der Waals surface area (Å²) in [7, 11) is 0. The molecule has 0 atom stereocenters. The predicted octanol–water partition coefficient (Wildman–Crippen LogP) is 7.47. The fraction of sp³-hybridized carbons (Fsp3) is 0.500. The third-order valence-corrected chi connectivity index (χ3v) is 6.54. The fourth-order valence-electron chi connectivity index (χ4n) is 4.42. The van der Waals surface area contributed by atoms with Crippen LogP contribution in [-0.2, 0) is 4.79 Å². The number of rotatable bonds is 10. The molecule has 4 nitrogen and oxygen atoms in total. The highest BCUT2D eigenvalue weighted by molar-refractivity contribution is 5.91. The molecule has 1 aliphatic carbocycles. The number of hydrogen-bond donors (Lipinski definition) is 0. The second kappa shape index (κ2) is 12.4. The molecule has 1 aliphatic rings. The van der Waals surface area contributed by atoms with E-state index in [4.69, 9.17) is 9.47 Å². The first-order valence-corrected chi connectivity index (χ1v) is 12.2. The van der Waals surface area contributed by atoms with Crippen LogP contribution in [0.2, 0.25) is 0 Å². The largest absolute Gasteiger partial charge is 0.427 e. The lowest BCUT2D eigenvalue weighted by atomic mass is 9.78. The second-order valence-corrected chi connectivity index (χ2v) is 8.89. The van der Waals surface area contributed by atoms with Crippen LogP contribution in [0.5, 0.6) is 11.5 Å². The minimum absolute atomic E-state index is 0.228. The SMILES string of the molecule is CCCCCCC(=O)Oc1ccc(OC(=O)c2ccc(C3CCC(CC)CC3)cc2)cc1. The van der Waals surface area contributed by atoms with Gasteiger partial charge < -0.3 is 9.47 Å². The van der Waals surface area contributed by atoms with Crippen molar-refractivity contribution in [2.75, 3.05) is 0 Å². The van der Waals surface area contributed by atoms with Crippen LogP contribution in [0.15, 0.2) is 48.5 Å². The molecule has 1 saturated carbocycles. The van der Waals surface area contributed by atoms with E-state index in [0.717, 1.165) is 31.6 Å². The van der Waals surface area contributed by atoms with Gasteiger partial charge in [0.05, 0.1) is 5.56 Å². The van der Waals surface area contributed by atoms with Gasteiger partial charge in [0.1, 0.15) is 11.5 Å². The minimum atomic E-state index is -0.382. The van der Waals surface area contributed by atoms with Gasteiger partial charge in [-0.3, -0.25) is 4.79 Å². The van der Waals surface area contributed by atoms with Gasteiger partial charge in [0, 0.05) is 6.42 Å². The van der Waals surface area contributed by atoms with Gasteiger partial charge in [0.25, 0.3) is 0 Å². The molecule has 0 amide bonds. The Bertz CT molecular complexity index is 846. The van der Waals surface area contributed by atoms with Gasteiger partial charge in [-0.2, -0.15) is 0 Å². The Morgan fingerprint density at radius 3 is 2.00 bits per heavy atom. The van der Waals surface area contributed by atoms with Gasteiger partial charge in [-0.05, 0) is 85.9 Å². The average Bonchev–Trinajstić information content (AvgIpc) is 2.83. The highest BCUT2D eigenvalue weighted by Crippen LogP contribution is 2.37. The molecule has 0 aliphatic heterocycles. The molecule has 0 radical (unpaired) electrons. The third-order valence-electron chi connectivity index (χ3n) is 6.54. The summed E-state index contributed by atoms with van der Waals surface area (Å²) < 4.78 is 10.8. The number of carbonyl (C=O) groups excluding carboxylic acids is 2. The van der Waals surface area contributed by atoms with Crippen LogP contribution in [0.3, 0.4) is 0 Å². The van der Waals surface area contributed by atoms with E-state index < -0.39 is 0 Å². The molecule has 32 heavy (non-hydrogen) atoms. The molecule has 3 rings (SSSR count). The molecule has 2 aromatic carbocycles. The predicted molar refractivity (Wildman–Crippen MR) is 127 cm³/mol. The van der Waals surface area contributed by atoms with E-state index in [-0.39, 0.29) is 11.9 Å². The Kier molecular flexibility index (Phi) is 9.33. The van der Waals surface area contributed by atoms with Gasteiger partial charge in [-0.25, -0.2) is 4.79 Å². The van der Waals surface area contributed by atoms with Crippen LogP contribution in [0, 0.1) is 5.92 Å². The van der Waals surface area contributed by atoms with Gasteiger partial charge in [-0.1, -0.05) is 51.7 Å². The lowest BCUT2D eigenvalue weighted by Gasteiger charge is -2.28. The molecule has 0 N–H and O–H groups in total. The molecule has 0 heterocycles. The maximum atomic E-state index is 12.5. The number of ether oxygens (including phenoxy) is 2. The van der Waals surface area contributed by atoms with Crippen LogP contribution in [0.1, 0.15) is 99.9 Å². The van der Waals surface area contributed by atoms with Crippen molar-refractivity contribution in [1.29, 1.82) is 0 Å². The summed E-state index contributed by atoms with van der Waals surface area (Å²) in [4.78, 5) is 24.4. The highest BCUT2D eigenvalue weighted by atomic mass is 16.5. The summed E-state index contributed by atoms with van der Waals surface area (Å²) in [6.07, 6.45) is 10.9. The van der Waals surface area contributed by atoms with E-state index in [1.807, 2.05) is 12.1 Å². The van der Waals surface area contributed by atoms with E-state index in [1.54, 1.807) is 24.3 Å². The van der Waals surface area contributed by atoms with Gasteiger partial charge in [-0.15, -0.1) is 0 Å². The smallest absolute Gasteiger partial charge is 0.343 e. The average molecular weight is 437 g/mol. The van der Waals surface area contributed by atoms with Crippen LogP contribution in [-0.4, -0.2) is 11.9 Å². The van der Waals surface area contributed by atoms with Gasteiger partial charge in [0.15, 0.2) is 0 Å². The summed E-state index contributed by atoms with van der Waals surface area (Å²) in [5.74, 6) is 1.76. The first-order valence-electron chi connectivity index (χ1n) is 12.2. The molecule has 0 unspecified atom stereocenters. The Morgan fingerprint density at radius 2 is 1.41 bits per heavy atom. The zero-order valence-electron chi connectivity index (χ0n) is 19.5. The zero-order chi connectivity index (χ0) is 22.8. The standard InChI is InChI=1S/C28H36O4/c1-3-5-6-7-8-27(29)31-25-17-19-26(20-18-25)32-28(30)24-15-13-23(14-16-24)22-11-9-21(4-2)10-12-22/h13-22H,3-12H2,1-2H3. The maximum absolute atomic E-state index is 12.5. The Morgan fingerprint density at radius 1 is 0.781 bits per heavy atom. The van der Waals surface area contributed by atoms with Crippen molar-refractivity contribution < 1.29 is 19.1 Å². The molecular weight excluding hydrogens is 400 g/mol. The zero-order valence-corrected chi connectivity index (χ0v) is 19.5. The summed E-state index contributed by atoms with van der Waals surface area (Å²) in [5, 5.41) is 0. The number of carbonyl (C=O) groups is 2. The quantitative estimate of drug-likeness (QED) is 0.220. The van der Waals surface area contributed by atoms with Crippen LogP contribution in [0.4, 0.5) is 0 Å². The van der Waals surface area contributed by atoms with E-state index in [0.29, 0.717) is 29.4 Å². The minimum Gasteiger partial charge on any atom is -0.427 e. The summed E-state index contributed by atoms with van der Waals surface area (Å²) in [5.41, 5.74) is 1.86. The molecule has 0 saturated heterocycles. The third kappa shape index (κ3) is 7.22. The van der Waals surface area contributed by atoms with Crippen LogP contribution >= 0.6 is 0 Å². The number of benzene rings is 2. The van der Waals surface area contributed by atoms with E-state index in [2.05, 4.69) is 26.0 Å². The highest BCUT2D eigenvalue weighted by Gasteiger charge is 2.21. The first kappa shape index (κ1) is 24.0. The molecule has 172 valence electrons. The van der Waals surface area contributed by atoms with Crippen molar-refractivity contribution in [3.63, 3.8) is 0 Å². The van der Waals surface area contributed by atoms with Crippen molar-refractivity contribution in [1.82, 2.24) is 0 Å². The van der Waals surface area contributed by atoms with E-state index in [1.165, 1.54) is 37.7 Å². The molecule has 0 spiro atoms. The number of unbranched alkanes of at least 4 members (excludes halogenated alkanes) is 3. The Labute approximate surface area is 192 Å². The fourth-order valence-corrected chi connectivity index (χ4v) is 4.42. The Balaban J connectivity index is 1.47. The van der Waals surface area contributed by atoms with E-state index >= 15 is 0 Å². The first-order chi connectivity index (χ1) is 15.6. The molecule has 0 aromatic heterocycles. The summed E-state index contributed by atoms with van der Waals surface area (Å²) >= 11 is 0. The second-order valence-electron chi connectivity index (χ2n) is 8.89. The van der Waals surface area contributed by atoms with Crippen molar-refractivity contribution in [3.8, 4) is 11.5 Å². The lowest BCUT2D eigenvalue weighted by Crippen LogP contribution is -2.13. The molecular formula is C28H36O4. The van der Waals surface area contributed by atoms with Crippen molar-refractivity contribution in [2.24, 2.45) is 5.92 Å². The van der Waals surface area contributed by atoms with Crippen molar-refractivity contribution in [3.05, 3.63) is 59.7 Å². The Hall–Kier alpha value is -2.62. The molecule has 1 fully saturated rings. The number of hydrogen-bond acceptors (Lipinski definition) is 4. The number of esters is 2. The van der Waals surface area contributed by atoms with E-state index in [9.17, 15) is 9.59 Å². The van der Waals surface area contributed by atoms with Crippen molar-refractivity contribution in [2.45, 2.75) is 84.0 Å². The monoisotopic (exact) mass is 436 g/mol. The maximum Gasteiger partial charge on any atom is 0.343 e. The lowest BCUT2D eigenvalue weighted by molar-refractivity contribution is -0.134. The van der Waals surface area contributed by atoms with Crippen molar-refractivity contribution >= 4 is 11.9 Å². The summed E-state index contributed by atoms with van der Waals surface area (Å²) in [6, 6.07) is 14.5. The van der Waals surface area contributed by atoms with Gasteiger partial charge in [0.2, 0.25) is 0 Å². The molecule has 2 aromatic rings. The van der Waals surface area contributed by atoms with Crippen LogP contribution in [0.25, 0.3) is 0 Å². The van der Waals surface area contributed by atoms with Gasteiger partial charge >= 0.3 is 11.9 Å². The summed E-state index contributed by atoms with van der Waals surface area (Å²) in [6.45, 7) is 4.42.